The number of aromatic nitrogens is 2. The molecule has 0 unspecified atom stereocenters. The van der Waals surface area contributed by atoms with Crippen LogP contribution in [0.2, 0.25) is 0 Å². The average molecular weight is 405 g/mol. The minimum atomic E-state index is 0.0910. The SMILES string of the molecule is Cc1nccc(C(=O)N2[C@H]3CCCC[C@H]4N(C)[C@@H](Cc5ccccc5)[C@@H]2C[C@@]34C)n1. The average Bonchev–Trinajstić information content (AvgIpc) is 2.89. The highest BCUT2D eigenvalue weighted by Gasteiger charge is 2.62. The van der Waals surface area contributed by atoms with Crippen molar-refractivity contribution >= 4 is 5.91 Å². The van der Waals surface area contributed by atoms with E-state index in [2.05, 4.69) is 64.1 Å². The van der Waals surface area contributed by atoms with Crippen LogP contribution in [-0.2, 0) is 6.42 Å². The molecule has 1 saturated carbocycles. The van der Waals surface area contributed by atoms with Crippen LogP contribution in [0, 0.1) is 12.3 Å². The summed E-state index contributed by atoms with van der Waals surface area (Å²) in [5.41, 5.74) is 2.05. The van der Waals surface area contributed by atoms with E-state index in [4.69, 9.17) is 0 Å². The third-order valence-corrected chi connectivity index (χ3v) is 8.05. The van der Waals surface area contributed by atoms with Crippen molar-refractivity contribution in [3.63, 3.8) is 0 Å². The Bertz CT molecular complexity index is 932. The molecule has 1 amide bonds. The van der Waals surface area contributed by atoms with Crippen LogP contribution in [0.25, 0.3) is 0 Å². The number of benzene rings is 1. The van der Waals surface area contributed by atoms with E-state index < -0.39 is 0 Å². The van der Waals surface area contributed by atoms with Crippen LogP contribution >= 0.6 is 0 Å². The molecule has 2 aromatic rings. The van der Waals surface area contributed by atoms with Crippen molar-refractivity contribution in [1.82, 2.24) is 19.8 Å². The van der Waals surface area contributed by atoms with Crippen LogP contribution in [0.1, 0.15) is 60.9 Å². The van der Waals surface area contributed by atoms with Gasteiger partial charge in [-0.1, -0.05) is 50.1 Å². The number of carbonyl (C=O) groups excluding carboxylic acids is 1. The second-order valence-electron chi connectivity index (χ2n) is 9.72. The fourth-order valence-electron chi connectivity index (χ4n) is 6.69. The number of aryl methyl sites for hydroxylation is 1. The first-order chi connectivity index (χ1) is 14.5. The Morgan fingerprint density at radius 1 is 1.13 bits per heavy atom. The molecule has 158 valence electrons. The zero-order chi connectivity index (χ0) is 20.9. The van der Waals surface area contributed by atoms with Crippen LogP contribution in [-0.4, -0.2) is 56.9 Å². The van der Waals surface area contributed by atoms with Gasteiger partial charge in [0, 0.05) is 35.8 Å². The summed E-state index contributed by atoms with van der Waals surface area (Å²) in [6.07, 6.45) is 8.57. The normalized spacial score (nSPS) is 33.4. The van der Waals surface area contributed by atoms with Crippen molar-refractivity contribution in [3.8, 4) is 0 Å². The van der Waals surface area contributed by atoms with Gasteiger partial charge in [0.25, 0.3) is 5.91 Å². The second kappa shape index (κ2) is 7.45. The van der Waals surface area contributed by atoms with Gasteiger partial charge in [-0.15, -0.1) is 0 Å². The molecule has 30 heavy (non-hydrogen) atoms. The number of hydrogen-bond acceptors (Lipinski definition) is 4. The molecule has 5 rings (SSSR count). The van der Waals surface area contributed by atoms with Gasteiger partial charge in [0.2, 0.25) is 0 Å². The van der Waals surface area contributed by atoms with Crippen molar-refractivity contribution in [1.29, 1.82) is 0 Å². The summed E-state index contributed by atoms with van der Waals surface area (Å²) in [6.45, 7) is 4.29. The lowest BCUT2D eigenvalue weighted by atomic mass is 9.69. The van der Waals surface area contributed by atoms with Gasteiger partial charge in [-0.05, 0) is 51.3 Å². The first-order valence-electron chi connectivity index (χ1n) is 11.4. The molecule has 5 nitrogen and oxygen atoms in total. The van der Waals surface area contributed by atoms with Gasteiger partial charge in [0.15, 0.2) is 0 Å². The number of rotatable bonds is 3. The molecular weight excluding hydrogens is 372 g/mol. The fraction of sp³-hybridized carbons (Fsp3) is 0.560. The van der Waals surface area contributed by atoms with Crippen molar-refractivity contribution in [2.24, 2.45) is 5.41 Å². The van der Waals surface area contributed by atoms with Crippen molar-refractivity contribution < 1.29 is 4.79 Å². The molecule has 3 heterocycles. The lowest BCUT2D eigenvalue weighted by Crippen LogP contribution is -2.58. The summed E-state index contributed by atoms with van der Waals surface area (Å²) in [7, 11) is 2.30. The van der Waals surface area contributed by atoms with E-state index in [1.54, 1.807) is 12.3 Å². The highest BCUT2D eigenvalue weighted by atomic mass is 16.2. The molecule has 5 heteroatoms. The molecule has 5 atom stereocenters. The summed E-state index contributed by atoms with van der Waals surface area (Å²) in [5, 5.41) is 0. The molecule has 0 radical (unpaired) electrons. The predicted molar refractivity (Wildman–Crippen MR) is 117 cm³/mol. The Hall–Kier alpha value is -2.27. The summed E-state index contributed by atoms with van der Waals surface area (Å²) in [4.78, 5) is 27.4. The van der Waals surface area contributed by atoms with Crippen LogP contribution in [0.4, 0.5) is 0 Å². The smallest absolute Gasteiger partial charge is 0.273 e. The minimum Gasteiger partial charge on any atom is -0.329 e. The summed E-state index contributed by atoms with van der Waals surface area (Å²) >= 11 is 0. The molecule has 2 bridgehead atoms. The maximum absolute atomic E-state index is 13.8. The number of hydrogen-bond donors (Lipinski definition) is 0. The standard InChI is InChI=1S/C25H32N4O/c1-17-26-14-13-19(27-17)24(30)29-21-16-25(2)22(11-7-8-12-23(25)29)28(3)20(21)15-18-9-5-4-6-10-18/h4-6,9-10,13-14,20-23H,7-8,11-12,15-16H2,1-3H3/t20-,21-,22+,23-,25+/m0/s1. The van der Waals surface area contributed by atoms with Crippen LogP contribution in [0.3, 0.4) is 0 Å². The Kier molecular flexibility index (Phi) is 4.89. The van der Waals surface area contributed by atoms with Gasteiger partial charge >= 0.3 is 0 Å². The largest absolute Gasteiger partial charge is 0.329 e. The molecule has 1 aliphatic carbocycles. The van der Waals surface area contributed by atoms with E-state index in [-0.39, 0.29) is 17.4 Å². The molecule has 1 aromatic heterocycles. The minimum absolute atomic E-state index is 0.0910. The number of carbonyl (C=O) groups is 1. The first-order valence-corrected chi connectivity index (χ1v) is 11.4. The van der Waals surface area contributed by atoms with Crippen molar-refractivity contribution in [2.75, 3.05) is 7.05 Å². The lowest BCUT2D eigenvalue weighted by molar-refractivity contribution is 0.0155. The van der Waals surface area contributed by atoms with Gasteiger partial charge < -0.3 is 4.90 Å². The lowest BCUT2D eigenvalue weighted by Gasteiger charge is -2.49. The van der Waals surface area contributed by atoms with Gasteiger partial charge in [0.1, 0.15) is 11.5 Å². The Labute approximate surface area is 179 Å². The Morgan fingerprint density at radius 2 is 1.87 bits per heavy atom. The molecule has 0 spiro atoms. The van der Waals surface area contributed by atoms with E-state index in [0.29, 0.717) is 29.6 Å². The van der Waals surface area contributed by atoms with Crippen molar-refractivity contribution in [3.05, 3.63) is 59.7 Å². The van der Waals surface area contributed by atoms with E-state index in [1.165, 1.54) is 24.8 Å². The number of likely N-dealkylation sites (tertiary alicyclic amines) is 2. The zero-order valence-electron chi connectivity index (χ0n) is 18.3. The van der Waals surface area contributed by atoms with E-state index in [9.17, 15) is 4.79 Å². The van der Waals surface area contributed by atoms with E-state index in [0.717, 1.165) is 19.3 Å². The highest BCUT2D eigenvalue weighted by molar-refractivity contribution is 5.93. The number of piperidine rings is 1. The van der Waals surface area contributed by atoms with Crippen molar-refractivity contribution in [2.45, 2.75) is 76.5 Å². The number of fused-ring (bicyclic) bond motifs is 1. The molecule has 2 aliphatic heterocycles. The summed E-state index contributed by atoms with van der Waals surface area (Å²) < 4.78 is 0. The number of amides is 1. The summed E-state index contributed by atoms with van der Waals surface area (Å²) in [5.74, 6) is 0.749. The number of nitrogens with zero attached hydrogens (tertiary/aromatic N) is 4. The topological polar surface area (TPSA) is 49.3 Å². The van der Waals surface area contributed by atoms with Gasteiger partial charge in [-0.25, -0.2) is 9.97 Å². The van der Waals surface area contributed by atoms with Crippen LogP contribution in [0.15, 0.2) is 42.6 Å². The molecule has 0 N–H and O–H groups in total. The zero-order valence-corrected chi connectivity index (χ0v) is 18.3. The third-order valence-electron chi connectivity index (χ3n) is 8.05. The van der Waals surface area contributed by atoms with E-state index >= 15 is 0 Å². The van der Waals surface area contributed by atoms with Gasteiger partial charge in [-0.3, -0.25) is 9.69 Å². The molecule has 2 saturated heterocycles. The molecule has 3 fully saturated rings. The highest BCUT2D eigenvalue weighted by Crippen LogP contribution is 2.55. The van der Waals surface area contributed by atoms with Crippen LogP contribution in [0.5, 0.6) is 0 Å². The predicted octanol–water partition coefficient (Wildman–Crippen LogP) is 3.87. The monoisotopic (exact) mass is 404 g/mol. The maximum Gasteiger partial charge on any atom is 0.273 e. The number of likely N-dealkylation sites (N-methyl/N-ethyl adjacent to an activating group) is 1. The third kappa shape index (κ3) is 3.06. The fourth-order valence-corrected chi connectivity index (χ4v) is 6.69. The molecule has 3 aliphatic rings. The molecule has 1 aromatic carbocycles. The quantitative estimate of drug-likeness (QED) is 0.779. The van der Waals surface area contributed by atoms with E-state index in [1.807, 2.05) is 6.92 Å². The second-order valence-corrected chi connectivity index (χ2v) is 9.72. The Balaban J connectivity index is 1.56. The Morgan fingerprint density at radius 3 is 2.60 bits per heavy atom. The summed E-state index contributed by atoms with van der Waals surface area (Å²) in [6, 6.07) is 13.9. The first kappa shape index (κ1) is 19.7. The molecular formula is C25H32N4O. The van der Waals surface area contributed by atoms with Crippen LogP contribution < -0.4 is 0 Å². The van der Waals surface area contributed by atoms with Gasteiger partial charge in [-0.2, -0.15) is 0 Å². The van der Waals surface area contributed by atoms with Gasteiger partial charge in [0.05, 0.1) is 0 Å². The maximum atomic E-state index is 13.8.